The zero-order valence-corrected chi connectivity index (χ0v) is 22.4. The summed E-state index contributed by atoms with van der Waals surface area (Å²) in [6, 6.07) is 25.7. The largest absolute Gasteiger partial charge is 0.495 e. The van der Waals surface area contributed by atoms with Gasteiger partial charge in [0.25, 0.3) is 0 Å². The molecule has 2 unspecified atom stereocenters. The maximum atomic E-state index is 5.47. The first-order chi connectivity index (χ1) is 19.2. The van der Waals surface area contributed by atoms with Gasteiger partial charge in [0.2, 0.25) is 0 Å². The quantitative estimate of drug-likeness (QED) is 0.256. The van der Waals surface area contributed by atoms with Gasteiger partial charge in [0, 0.05) is 31.3 Å². The minimum atomic E-state index is 0.299. The lowest BCUT2D eigenvalue weighted by atomic mass is 9.90. The number of aryl methyl sites for hydroxylation is 1. The highest BCUT2D eigenvalue weighted by Gasteiger charge is 2.32. The lowest BCUT2D eigenvalue weighted by Crippen LogP contribution is -3.10. The van der Waals surface area contributed by atoms with Crippen LogP contribution in [0.4, 0.5) is 0 Å². The average molecular weight is 520 g/mol. The van der Waals surface area contributed by atoms with Gasteiger partial charge in [-0.15, -0.1) is 0 Å². The van der Waals surface area contributed by atoms with Crippen molar-refractivity contribution in [2.24, 2.45) is 0 Å². The highest BCUT2D eigenvalue weighted by Crippen LogP contribution is 2.29. The maximum absolute atomic E-state index is 5.47. The fraction of sp³-hybridized carbons (Fsp3) is 0.281. The number of aromatic amines is 1. The molecule has 198 valence electrons. The standard InChI is InChI=1S/C32H34N6O/c1-39-27-17-25-7-6-11-30(32(25)35-20-27)38(22-31-36-28-9-2-3-10-29(28)37-31)21-24-14-12-23(13-15-24)18-33-19-26-8-4-5-16-34-26/h2-5,8-10,12-17,20,30,33H,6-7,11,18-19,21-22H2,1H3,(H,36,37)/p+1. The van der Waals surface area contributed by atoms with Crippen LogP contribution in [0.25, 0.3) is 11.0 Å². The Labute approximate surface area is 229 Å². The van der Waals surface area contributed by atoms with E-state index in [9.17, 15) is 0 Å². The second kappa shape index (κ2) is 11.8. The molecule has 0 amide bonds. The van der Waals surface area contributed by atoms with Crippen molar-refractivity contribution in [2.75, 3.05) is 7.11 Å². The molecule has 0 spiro atoms. The van der Waals surface area contributed by atoms with E-state index in [1.54, 1.807) is 7.11 Å². The fourth-order valence-corrected chi connectivity index (χ4v) is 5.64. The number of hydrogen-bond donors (Lipinski definition) is 3. The van der Waals surface area contributed by atoms with E-state index in [1.165, 1.54) is 27.3 Å². The third kappa shape index (κ3) is 6.00. The van der Waals surface area contributed by atoms with Crippen LogP contribution in [-0.4, -0.2) is 27.0 Å². The summed E-state index contributed by atoms with van der Waals surface area (Å²) in [5.74, 6) is 1.85. The minimum Gasteiger partial charge on any atom is -0.495 e. The lowest BCUT2D eigenvalue weighted by molar-refractivity contribution is -0.960. The SMILES string of the molecule is COc1cnc2c(c1)CCCC2[NH+](Cc1ccc(CNCc2ccccn2)cc1)Cc1nc2ccccc2[nH]1. The summed E-state index contributed by atoms with van der Waals surface area (Å²) in [5.41, 5.74) is 8.24. The number of nitrogens with one attached hydrogen (secondary N) is 3. The number of rotatable bonds is 10. The number of aromatic nitrogens is 4. The number of imidazole rings is 1. The number of nitrogens with zero attached hydrogens (tertiary/aromatic N) is 3. The first-order valence-electron chi connectivity index (χ1n) is 13.7. The third-order valence-electron chi connectivity index (χ3n) is 7.62. The molecule has 39 heavy (non-hydrogen) atoms. The molecule has 0 saturated heterocycles. The number of pyridine rings is 2. The Kier molecular flexibility index (Phi) is 7.61. The molecule has 7 nitrogen and oxygen atoms in total. The van der Waals surface area contributed by atoms with Gasteiger partial charge in [-0.05, 0) is 54.3 Å². The van der Waals surface area contributed by atoms with E-state index < -0.39 is 0 Å². The Morgan fingerprint density at radius 1 is 0.949 bits per heavy atom. The van der Waals surface area contributed by atoms with Crippen molar-refractivity contribution in [2.45, 2.75) is 51.5 Å². The molecule has 5 aromatic rings. The molecule has 0 aliphatic heterocycles. The Morgan fingerprint density at radius 2 is 1.79 bits per heavy atom. The second-order valence-corrected chi connectivity index (χ2v) is 10.3. The Morgan fingerprint density at radius 3 is 2.62 bits per heavy atom. The van der Waals surface area contributed by atoms with E-state index in [1.807, 2.05) is 36.7 Å². The smallest absolute Gasteiger partial charge is 0.162 e. The van der Waals surface area contributed by atoms with E-state index in [0.29, 0.717) is 6.04 Å². The van der Waals surface area contributed by atoms with Gasteiger partial charge >= 0.3 is 0 Å². The van der Waals surface area contributed by atoms with Crippen LogP contribution in [0.2, 0.25) is 0 Å². The highest BCUT2D eigenvalue weighted by atomic mass is 16.5. The summed E-state index contributed by atoms with van der Waals surface area (Å²) in [5, 5.41) is 3.50. The van der Waals surface area contributed by atoms with Crippen molar-refractivity contribution in [3.63, 3.8) is 0 Å². The molecule has 1 aliphatic rings. The normalized spacial score (nSPS) is 15.7. The first kappa shape index (κ1) is 25.2. The zero-order valence-electron chi connectivity index (χ0n) is 22.4. The van der Waals surface area contributed by atoms with Crippen LogP contribution in [0.3, 0.4) is 0 Å². The number of methoxy groups -OCH3 is 1. The monoisotopic (exact) mass is 519 g/mol. The molecular weight excluding hydrogens is 484 g/mol. The average Bonchev–Trinajstić information content (AvgIpc) is 3.40. The molecule has 0 radical (unpaired) electrons. The predicted octanol–water partition coefficient (Wildman–Crippen LogP) is 4.31. The van der Waals surface area contributed by atoms with Crippen LogP contribution < -0.4 is 15.0 Å². The van der Waals surface area contributed by atoms with Crippen molar-refractivity contribution in [3.05, 3.63) is 119 Å². The number of hydrogen-bond acceptors (Lipinski definition) is 5. The van der Waals surface area contributed by atoms with Crippen LogP contribution >= 0.6 is 0 Å². The number of para-hydroxylation sites is 2. The molecule has 1 aliphatic carbocycles. The lowest BCUT2D eigenvalue weighted by Gasteiger charge is -2.32. The molecule has 3 aromatic heterocycles. The zero-order chi connectivity index (χ0) is 26.4. The number of H-pyrrole nitrogens is 1. The summed E-state index contributed by atoms with van der Waals surface area (Å²) in [6.45, 7) is 3.28. The van der Waals surface area contributed by atoms with Crippen LogP contribution in [-0.2, 0) is 32.6 Å². The molecule has 3 heterocycles. The molecule has 0 bridgehead atoms. The third-order valence-corrected chi connectivity index (χ3v) is 7.62. The van der Waals surface area contributed by atoms with Gasteiger partial charge in [-0.3, -0.25) is 9.97 Å². The Hall–Kier alpha value is -4.07. The van der Waals surface area contributed by atoms with Gasteiger partial charge < -0.3 is 19.9 Å². The van der Waals surface area contributed by atoms with Gasteiger partial charge in [0.05, 0.1) is 30.0 Å². The summed E-state index contributed by atoms with van der Waals surface area (Å²) < 4.78 is 5.47. The summed E-state index contributed by atoms with van der Waals surface area (Å²) in [4.78, 5) is 19.2. The Bertz CT molecular complexity index is 1480. The van der Waals surface area contributed by atoms with Crippen molar-refractivity contribution < 1.29 is 9.64 Å². The molecule has 2 aromatic carbocycles. The van der Waals surface area contributed by atoms with Gasteiger partial charge in [0.15, 0.2) is 5.82 Å². The van der Waals surface area contributed by atoms with Gasteiger partial charge in [0.1, 0.15) is 30.6 Å². The predicted molar refractivity (Wildman–Crippen MR) is 152 cm³/mol. The topological polar surface area (TPSA) is 80.2 Å². The minimum absolute atomic E-state index is 0.299. The summed E-state index contributed by atoms with van der Waals surface area (Å²) in [7, 11) is 1.71. The number of fused-ring (bicyclic) bond motifs is 2. The van der Waals surface area contributed by atoms with E-state index in [-0.39, 0.29) is 0 Å². The van der Waals surface area contributed by atoms with Gasteiger partial charge in [-0.2, -0.15) is 0 Å². The molecule has 0 saturated carbocycles. The van der Waals surface area contributed by atoms with E-state index in [2.05, 4.69) is 63.8 Å². The van der Waals surface area contributed by atoms with Gasteiger partial charge in [-0.25, -0.2) is 4.98 Å². The van der Waals surface area contributed by atoms with Crippen LogP contribution in [0, 0.1) is 0 Å². The van der Waals surface area contributed by atoms with Crippen molar-refractivity contribution in [1.29, 1.82) is 0 Å². The fourth-order valence-electron chi connectivity index (χ4n) is 5.64. The van der Waals surface area contributed by atoms with E-state index in [0.717, 1.165) is 73.7 Å². The molecule has 7 heteroatoms. The second-order valence-electron chi connectivity index (χ2n) is 10.3. The molecule has 6 rings (SSSR count). The number of benzene rings is 2. The Balaban J connectivity index is 1.21. The van der Waals surface area contributed by atoms with Crippen LogP contribution in [0.15, 0.2) is 85.2 Å². The summed E-state index contributed by atoms with van der Waals surface area (Å²) in [6.07, 6.45) is 7.01. The van der Waals surface area contributed by atoms with Crippen LogP contribution in [0.1, 0.15) is 52.8 Å². The molecule has 0 fully saturated rings. The van der Waals surface area contributed by atoms with Gasteiger partial charge in [-0.1, -0.05) is 42.5 Å². The maximum Gasteiger partial charge on any atom is 0.162 e. The van der Waals surface area contributed by atoms with Crippen molar-refractivity contribution in [3.8, 4) is 5.75 Å². The number of ether oxygens (including phenoxy) is 1. The molecular formula is C32H35N6O+. The van der Waals surface area contributed by atoms with Crippen LogP contribution in [0.5, 0.6) is 5.75 Å². The summed E-state index contributed by atoms with van der Waals surface area (Å²) >= 11 is 0. The van der Waals surface area contributed by atoms with E-state index >= 15 is 0 Å². The number of quaternary nitrogens is 1. The van der Waals surface area contributed by atoms with Crippen molar-refractivity contribution in [1.82, 2.24) is 25.3 Å². The molecule has 2 atom stereocenters. The highest BCUT2D eigenvalue weighted by molar-refractivity contribution is 5.74. The van der Waals surface area contributed by atoms with Crippen molar-refractivity contribution >= 4 is 11.0 Å². The molecule has 3 N–H and O–H groups in total. The van der Waals surface area contributed by atoms with E-state index in [4.69, 9.17) is 14.7 Å². The first-order valence-corrected chi connectivity index (χ1v) is 13.7.